The van der Waals surface area contributed by atoms with E-state index in [0.29, 0.717) is 6.61 Å². The van der Waals surface area contributed by atoms with E-state index in [-0.39, 0.29) is 11.9 Å². The molecule has 2 nitrogen and oxygen atoms in total. The van der Waals surface area contributed by atoms with Crippen LogP contribution in [0.4, 0.5) is 0 Å². The average molecular weight is 190 g/mol. The molecule has 1 heterocycles. The Morgan fingerprint density at radius 2 is 2.07 bits per heavy atom. The summed E-state index contributed by atoms with van der Waals surface area (Å²) in [6, 6.07) is 8.33. The second-order valence-corrected chi connectivity index (χ2v) is 3.84. The van der Waals surface area contributed by atoms with Crippen LogP contribution in [0.25, 0.3) is 0 Å². The van der Waals surface area contributed by atoms with E-state index < -0.39 is 0 Å². The molecule has 0 amide bonds. The smallest absolute Gasteiger partial charge is 0.309 e. The van der Waals surface area contributed by atoms with Crippen LogP contribution >= 0.6 is 0 Å². The Balaban J connectivity index is 2.03. The van der Waals surface area contributed by atoms with Crippen LogP contribution in [0, 0.1) is 12.8 Å². The van der Waals surface area contributed by atoms with E-state index in [9.17, 15) is 4.79 Å². The topological polar surface area (TPSA) is 26.3 Å². The summed E-state index contributed by atoms with van der Waals surface area (Å²) in [7, 11) is 0. The van der Waals surface area contributed by atoms with Gasteiger partial charge in [0.2, 0.25) is 0 Å². The fourth-order valence-corrected chi connectivity index (χ4v) is 1.73. The summed E-state index contributed by atoms with van der Waals surface area (Å²) >= 11 is 0. The van der Waals surface area contributed by atoms with Gasteiger partial charge in [-0.3, -0.25) is 4.79 Å². The van der Waals surface area contributed by atoms with Gasteiger partial charge in [0.05, 0.1) is 12.5 Å². The summed E-state index contributed by atoms with van der Waals surface area (Å²) in [6.07, 6.45) is 1.69. The Kier molecular flexibility index (Phi) is 2.53. The molecule has 2 rings (SSSR count). The molecule has 74 valence electrons. The number of cyclic esters (lactones) is 1. The van der Waals surface area contributed by atoms with Gasteiger partial charge < -0.3 is 4.74 Å². The Hall–Kier alpha value is -1.31. The van der Waals surface area contributed by atoms with E-state index in [1.807, 2.05) is 0 Å². The normalized spacial score (nSPS) is 20.9. The monoisotopic (exact) mass is 190 g/mol. The molecular formula is C12H14O2. The lowest BCUT2D eigenvalue weighted by Crippen LogP contribution is -2.10. The first-order valence-corrected chi connectivity index (χ1v) is 4.98. The van der Waals surface area contributed by atoms with Gasteiger partial charge in [-0.1, -0.05) is 29.8 Å². The third-order valence-electron chi connectivity index (χ3n) is 2.65. The fraction of sp³-hybridized carbons (Fsp3) is 0.417. The van der Waals surface area contributed by atoms with E-state index in [0.717, 1.165) is 12.8 Å². The highest BCUT2D eigenvalue weighted by atomic mass is 16.5. The molecule has 0 spiro atoms. The Morgan fingerprint density at radius 3 is 2.64 bits per heavy atom. The van der Waals surface area contributed by atoms with E-state index in [4.69, 9.17) is 4.74 Å². The molecule has 14 heavy (non-hydrogen) atoms. The zero-order chi connectivity index (χ0) is 9.97. The number of ether oxygens (including phenoxy) is 1. The molecule has 1 aliphatic rings. The fourth-order valence-electron chi connectivity index (χ4n) is 1.73. The number of carbonyl (C=O) groups is 1. The predicted molar refractivity (Wildman–Crippen MR) is 53.9 cm³/mol. The number of carbonyl (C=O) groups excluding carboxylic acids is 1. The number of hydrogen-bond acceptors (Lipinski definition) is 2. The van der Waals surface area contributed by atoms with E-state index in [1.54, 1.807) is 0 Å². The standard InChI is InChI=1S/C12H14O2/c1-9-2-4-10(5-3-9)8-11-6-7-14-12(11)13/h2-5,11H,6-8H2,1H3/t11-/m0/s1. The number of hydrogen-bond donors (Lipinski definition) is 0. The number of benzene rings is 1. The van der Waals surface area contributed by atoms with Crippen LogP contribution in [0.2, 0.25) is 0 Å². The lowest BCUT2D eigenvalue weighted by atomic mass is 9.98. The first kappa shape index (κ1) is 9.25. The molecule has 1 saturated heterocycles. The highest BCUT2D eigenvalue weighted by molar-refractivity contribution is 5.74. The quantitative estimate of drug-likeness (QED) is 0.667. The highest BCUT2D eigenvalue weighted by Gasteiger charge is 2.26. The van der Waals surface area contributed by atoms with Gasteiger partial charge in [0.15, 0.2) is 0 Å². The molecule has 1 aliphatic heterocycles. The molecule has 1 aromatic rings. The minimum absolute atomic E-state index is 0.0365. The molecule has 0 bridgehead atoms. The van der Waals surface area contributed by atoms with Crippen molar-refractivity contribution < 1.29 is 9.53 Å². The van der Waals surface area contributed by atoms with Crippen LogP contribution in [0.15, 0.2) is 24.3 Å². The maximum Gasteiger partial charge on any atom is 0.309 e. The van der Waals surface area contributed by atoms with Crippen LogP contribution in [0.3, 0.4) is 0 Å². The lowest BCUT2D eigenvalue weighted by Gasteiger charge is -2.05. The molecule has 0 saturated carbocycles. The largest absolute Gasteiger partial charge is 0.465 e. The van der Waals surface area contributed by atoms with Gasteiger partial charge in [0.1, 0.15) is 0 Å². The van der Waals surface area contributed by atoms with E-state index >= 15 is 0 Å². The molecule has 2 heteroatoms. The van der Waals surface area contributed by atoms with Gasteiger partial charge in [0.25, 0.3) is 0 Å². The van der Waals surface area contributed by atoms with Crippen molar-refractivity contribution in [2.45, 2.75) is 19.8 Å². The number of aryl methyl sites for hydroxylation is 1. The van der Waals surface area contributed by atoms with Crippen molar-refractivity contribution in [3.8, 4) is 0 Å². The number of rotatable bonds is 2. The summed E-state index contributed by atoms with van der Waals surface area (Å²) in [4.78, 5) is 11.2. The zero-order valence-corrected chi connectivity index (χ0v) is 8.32. The second-order valence-electron chi connectivity index (χ2n) is 3.84. The Morgan fingerprint density at radius 1 is 1.36 bits per heavy atom. The van der Waals surface area contributed by atoms with Crippen molar-refractivity contribution in [3.05, 3.63) is 35.4 Å². The molecule has 0 radical (unpaired) electrons. The van der Waals surface area contributed by atoms with Crippen molar-refractivity contribution in [2.24, 2.45) is 5.92 Å². The summed E-state index contributed by atoms with van der Waals surface area (Å²) in [6.45, 7) is 2.66. The van der Waals surface area contributed by atoms with E-state index in [1.165, 1.54) is 11.1 Å². The summed E-state index contributed by atoms with van der Waals surface area (Å²) in [5.41, 5.74) is 2.47. The van der Waals surface area contributed by atoms with Crippen LogP contribution in [0.5, 0.6) is 0 Å². The average Bonchev–Trinajstić information content (AvgIpc) is 2.56. The third-order valence-corrected chi connectivity index (χ3v) is 2.65. The molecule has 1 fully saturated rings. The summed E-state index contributed by atoms with van der Waals surface area (Å²) in [5, 5.41) is 0. The van der Waals surface area contributed by atoms with Crippen LogP contribution in [-0.4, -0.2) is 12.6 Å². The van der Waals surface area contributed by atoms with Crippen molar-refractivity contribution in [1.82, 2.24) is 0 Å². The summed E-state index contributed by atoms with van der Waals surface area (Å²) in [5.74, 6) is 0.0447. The van der Waals surface area contributed by atoms with Gasteiger partial charge in [-0.25, -0.2) is 0 Å². The van der Waals surface area contributed by atoms with Crippen molar-refractivity contribution in [2.75, 3.05) is 6.61 Å². The summed E-state index contributed by atoms with van der Waals surface area (Å²) < 4.78 is 4.92. The van der Waals surface area contributed by atoms with Gasteiger partial charge >= 0.3 is 5.97 Å². The van der Waals surface area contributed by atoms with Gasteiger partial charge in [-0.15, -0.1) is 0 Å². The number of esters is 1. The molecule has 1 aromatic carbocycles. The highest BCUT2D eigenvalue weighted by Crippen LogP contribution is 2.19. The minimum Gasteiger partial charge on any atom is -0.465 e. The SMILES string of the molecule is Cc1ccc(C[C@@H]2CCOC2=O)cc1. The molecule has 0 N–H and O–H groups in total. The molecule has 0 aliphatic carbocycles. The zero-order valence-electron chi connectivity index (χ0n) is 8.32. The van der Waals surface area contributed by atoms with Crippen LogP contribution < -0.4 is 0 Å². The third kappa shape index (κ3) is 1.95. The van der Waals surface area contributed by atoms with Crippen molar-refractivity contribution in [1.29, 1.82) is 0 Å². The molecular weight excluding hydrogens is 176 g/mol. The first-order valence-electron chi connectivity index (χ1n) is 4.98. The van der Waals surface area contributed by atoms with Gasteiger partial charge in [0, 0.05) is 0 Å². The molecule has 0 unspecified atom stereocenters. The maximum atomic E-state index is 11.2. The van der Waals surface area contributed by atoms with E-state index in [2.05, 4.69) is 31.2 Å². The van der Waals surface area contributed by atoms with Crippen molar-refractivity contribution in [3.63, 3.8) is 0 Å². The Bertz CT molecular complexity index is 327. The van der Waals surface area contributed by atoms with Crippen molar-refractivity contribution >= 4 is 5.97 Å². The first-order chi connectivity index (χ1) is 6.75. The van der Waals surface area contributed by atoms with Crippen LogP contribution in [-0.2, 0) is 16.0 Å². The molecule has 0 aromatic heterocycles. The van der Waals surface area contributed by atoms with Gasteiger partial charge in [-0.05, 0) is 25.3 Å². The molecule has 1 atom stereocenters. The predicted octanol–water partition coefficient (Wildman–Crippen LogP) is 2.10. The van der Waals surface area contributed by atoms with Crippen LogP contribution in [0.1, 0.15) is 17.5 Å². The second kappa shape index (κ2) is 3.82. The van der Waals surface area contributed by atoms with Gasteiger partial charge in [-0.2, -0.15) is 0 Å². The maximum absolute atomic E-state index is 11.2. The Labute approximate surface area is 83.9 Å². The minimum atomic E-state index is -0.0365. The lowest BCUT2D eigenvalue weighted by molar-refractivity contribution is -0.141.